The Morgan fingerprint density at radius 1 is 0.972 bits per heavy atom. The number of carbonyl (C=O) groups excluding carboxylic acids is 2. The van der Waals surface area contributed by atoms with E-state index in [4.69, 9.17) is 0 Å². The fraction of sp³-hybridized carbons (Fsp3) is 0.481. The van der Waals surface area contributed by atoms with Crippen LogP contribution in [0.5, 0.6) is 0 Å². The number of hydrogen-bond donors (Lipinski definition) is 1. The first kappa shape index (κ1) is 29.3. The van der Waals surface area contributed by atoms with E-state index in [-0.39, 0.29) is 31.2 Å². The third kappa shape index (κ3) is 9.26. The molecule has 0 bridgehead atoms. The van der Waals surface area contributed by atoms with Gasteiger partial charge in [0.25, 0.3) is 0 Å². The summed E-state index contributed by atoms with van der Waals surface area (Å²) in [6.07, 6.45) is 4.33. The van der Waals surface area contributed by atoms with Crippen LogP contribution < -0.4 is 9.62 Å². The summed E-state index contributed by atoms with van der Waals surface area (Å²) in [5, 5.41) is 2.94. The molecule has 0 aliphatic carbocycles. The van der Waals surface area contributed by atoms with Crippen LogP contribution in [0.3, 0.4) is 0 Å². The highest BCUT2D eigenvalue weighted by Crippen LogP contribution is 2.19. The Kier molecular flexibility index (Phi) is 11.9. The summed E-state index contributed by atoms with van der Waals surface area (Å²) in [4.78, 5) is 27.9. The number of nitrogens with zero attached hydrogens (tertiary/aromatic N) is 2. The van der Waals surface area contributed by atoms with Crippen molar-refractivity contribution in [3.05, 3.63) is 66.0 Å². The molecule has 2 amide bonds. The summed E-state index contributed by atoms with van der Waals surface area (Å²) < 4.78 is 39.2. The van der Waals surface area contributed by atoms with Crippen molar-refractivity contribution in [1.29, 1.82) is 0 Å². The first-order chi connectivity index (χ1) is 17.2. The van der Waals surface area contributed by atoms with Crippen LogP contribution in [0.15, 0.2) is 54.6 Å². The topological polar surface area (TPSA) is 86.8 Å². The predicted octanol–water partition coefficient (Wildman–Crippen LogP) is 4.14. The molecule has 7 nitrogen and oxygen atoms in total. The number of unbranched alkanes of at least 4 members (excludes halogenated alkanes) is 1. The number of sulfonamides is 1. The zero-order valence-electron chi connectivity index (χ0n) is 21.5. The molecule has 1 N–H and O–H groups in total. The normalized spacial score (nSPS) is 12.1. The molecule has 2 aromatic carbocycles. The number of anilines is 1. The SMILES string of the molecule is CCCCNC(=O)[C@@H](CC)N(CCc1ccccc1)C(=O)CCCN(c1ccc(F)cc1)S(C)(=O)=O. The molecule has 0 aromatic heterocycles. The van der Waals surface area contributed by atoms with Crippen molar-refractivity contribution >= 4 is 27.5 Å². The first-order valence-electron chi connectivity index (χ1n) is 12.5. The van der Waals surface area contributed by atoms with Crippen LogP contribution in [0.25, 0.3) is 0 Å². The molecule has 1 atom stereocenters. The molecule has 0 heterocycles. The molecule has 0 spiro atoms. The molecular formula is C27H38FN3O4S. The molecule has 0 fully saturated rings. The Morgan fingerprint density at radius 2 is 1.64 bits per heavy atom. The van der Waals surface area contributed by atoms with Crippen molar-refractivity contribution in [2.45, 2.75) is 58.4 Å². The Hall–Kier alpha value is -2.94. The highest BCUT2D eigenvalue weighted by atomic mass is 32.2. The number of amides is 2. The summed E-state index contributed by atoms with van der Waals surface area (Å²) in [5.41, 5.74) is 1.41. The molecule has 2 rings (SSSR count). The van der Waals surface area contributed by atoms with E-state index >= 15 is 0 Å². The summed E-state index contributed by atoms with van der Waals surface area (Å²) in [6, 6.07) is 14.4. The predicted molar refractivity (Wildman–Crippen MR) is 142 cm³/mol. The van der Waals surface area contributed by atoms with Crippen LogP contribution in [-0.2, 0) is 26.0 Å². The molecule has 9 heteroatoms. The molecule has 0 saturated carbocycles. The zero-order chi connectivity index (χ0) is 26.6. The standard InChI is InChI=1S/C27H38FN3O4S/c1-4-6-19-29-27(33)25(5-2)30(21-18-22-11-8-7-9-12-22)26(32)13-10-20-31(36(3,34)35)24-16-14-23(28)15-17-24/h7-9,11-12,14-17,25H,4-6,10,13,18-21H2,1-3H3,(H,29,33)/t25-/m1/s1. The van der Waals surface area contributed by atoms with E-state index in [9.17, 15) is 22.4 Å². The number of benzene rings is 2. The maximum atomic E-state index is 13.3. The fourth-order valence-corrected chi connectivity index (χ4v) is 4.98. The first-order valence-corrected chi connectivity index (χ1v) is 14.4. The lowest BCUT2D eigenvalue weighted by Gasteiger charge is -2.31. The molecule has 0 radical (unpaired) electrons. The largest absolute Gasteiger partial charge is 0.354 e. The highest BCUT2D eigenvalue weighted by molar-refractivity contribution is 7.92. The fourth-order valence-electron chi connectivity index (χ4n) is 4.01. The number of hydrogen-bond acceptors (Lipinski definition) is 4. The van der Waals surface area contributed by atoms with Gasteiger partial charge in [-0.15, -0.1) is 0 Å². The minimum absolute atomic E-state index is 0.0716. The number of halogens is 1. The molecule has 0 aliphatic heterocycles. The van der Waals surface area contributed by atoms with E-state index in [1.54, 1.807) is 4.90 Å². The van der Waals surface area contributed by atoms with Gasteiger partial charge in [0.05, 0.1) is 11.9 Å². The minimum atomic E-state index is -3.62. The molecular weight excluding hydrogens is 481 g/mol. The van der Waals surface area contributed by atoms with Gasteiger partial charge in [0.15, 0.2) is 0 Å². The molecule has 198 valence electrons. The van der Waals surface area contributed by atoms with E-state index in [1.807, 2.05) is 44.2 Å². The number of carbonyl (C=O) groups is 2. The van der Waals surface area contributed by atoms with Crippen molar-refractivity contribution in [3.8, 4) is 0 Å². The Morgan fingerprint density at radius 3 is 2.22 bits per heavy atom. The second-order valence-electron chi connectivity index (χ2n) is 8.81. The summed E-state index contributed by atoms with van der Waals surface area (Å²) in [5.74, 6) is -0.827. The van der Waals surface area contributed by atoms with Crippen LogP contribution in [0, 0.1) is 5.82 Å². The Labute approximate surface area is 214 Å². The van der Waals surface area contributed by atoms with E-state index in [1.165, 1.54) is 28.6 Å². The van der Waals surface area contributed by atoms with Crippen molar-refractivity contribution < 1.29 is 22.4 Å². The maximum Gasteiger partial charge on any atom is 0.242 e. The summed E-state index contributed by atoms with van der Waals surface area (Å²) >= 11 is 0. The van der Waals surface area contributed by atoms with Gasteiger partial charge in [-0.3, -0.25) is 13.9 Å². The Bertz CT molecular complexity index is 1060. The lowest BCUT2D eigenvalue weighted by molar-refractivity contribution is -0.140. The molecule has 2 aromatic rings. The highest BCUT2D eigenvalue weighted by Gasteiger charge is 2.28. The van der Waals surface area contributed by atoms with Crippen LogP contribution in [-0.4, -0.2) is 57.1 Å². The van der Waals surface area contributed by atoms with Crippen molar-refractivity contribution in [1.82, 2.24) is 10.2 Å². The molecule has 0 unspecified atom stereocenters. The summed E-state index contributed by atoms with van der Waals surface area (Å²) in [6.45, 7) is 4.95. The van der Waals surface area contributed by atoms with E-state index < -0.39 is 21.9 Å². The third-order valence-corrected chi connectivity index (χ3v) is 7.16. The zero-order valence-corrected chi connectivity index (χ0v) is 22.3. The van der Waals surface area contributed by atoms with Gasteiger partial charge in [-0.2, -0.15) is 0 Å². The average molecular weight is 520 g/mol. The lowest BCUT2D eigenvalue weighted by Crippen LogP contribution is -2.50. The third-order valence-electron chi connectivity index (χ3n) is 5.97. The van der Waals surface area contributed by atoms with Gasteiger partial charge >= 0.3 is 0 Å². The van der Waals surface area contributed by atoms with Crippen LogP contribution in [0.4, 0.5) is 10.1 Å². The van der Waals surface area contributed by atoms with Crippen molar-refractivity contribution in [2.24, 2.45) is 0 Å². The second kappa shape index (κ2) is 14.6. The lowest BCUT2D eigenvalue weighted by atomic mass is 10.1. The number of nitrogens with one attached hydrogen (secondary N) is 1. The van der Waals surface area contributed by atoms with Crippen molar-refractivity contribution in [3.63, 3.8) is 0 Å². The van der Waals surface area contributed by atoms with Crippen molar-refractivity contribution in [2.75, 3.05) is 30.2 Å². The van der Waals surface area contributed by atoms with Crippen LogP contribution in [0.1, 0.15) is 51.5 Å². The maximum absolute atomic E-state index is 13.3. The molecule has 0 aliphatic rings. The van der Waals surface area contributed by atoms with E-state index in [0.29, 0.717) is 31.6 Å². The van der Waals surface area contributed by atoms with Gasteiger partial charge in [0.2, 0.25) is 21.8 Å². The smallest absolute Gasteiger partial charge is 0.242 e. The Balaban J connectivity index is 2.12. The van der Waals surface area contributed by atoms with E-state index in [0.717, 1.165) is 24.7 Å². The monoisotopic (exact) mass is 519 g/mol. The molecule has 36 heavy (non-hydrogen) atoms. The number of rotatable bonds is 15. The summed E-state index contributed by atoms with van der Waals surface area (Å²) in [7, 11) is -3.62. The minimum Gasteiger partial charge on any atom is -0.354 e. The second-order valence-corrected chi connectivity index (χ2v) is 10.7. The van der Waals surface area contributed by atoms with Gasteiger partial charge in [-0.05, 0) is 55.5 Å². The van der Waals surface area contributed by atoms with Crippen LogP contribution >= 0.6 is 0 Å². The van der Waals surface area contributed by atoms with Gasteiger partial charge in [-0.1, -0.05) is 50.6 Å². The molecule has 0 saturated heterocycles. The average Bonchev–Trinajstić information content (AvgIpc) is 2.85. The van der Waals surface area contributed by atoms with Crippen LogP contribution in [0.2, 0.25) is 0 Å². The van der Waals surface area contributed by atoms with Gasteiger partial charge in [0, 0.05) is 26.1 Å². The van der Waals surface area contributed by atoms with E-state index in [2.05, 4.69) is 5.32 Å². The quantitative estimate of drug-likeness (QED) is 0.359. The van der Waals surface area contributed by atoms with Gasteiger partial charge < -0.3 is 10.2 Å². The van der Waals surface area contributed by atoms with Gasteiger partial charge in [-0.25, -0.2) is 12.8 Å². The van der Waals surface area contributed by atoms with Gasteiger partial charge in [0.1, 0.15) is 11.9 Å².